The van der Waals surface area contributed by atoms with Gasteiger partial charge in [0.05, 0.1) is 5.56 Å². The van der Waals surface area contributed by atoms with Crippen LogP contribution in [0, 0.1) is 12.8 Å². The lowest BCUT2D eigenvalue weighted by molar-refractivity contribution is 0.0697. The van der Waals surface area contributed by atoms with Gasteiger partial charge in [-0.2, -0.15) is 0 Å². The highest BCUT2D eigenvalue weighted by Crippen LogP contribution is 2.18. The lowest BCUT2D eigenvalue weighted by Gasteiger charge is -2.28. The summed E-state index contributed by atoms with van der Waals surface area (Å²) in [6, 6.07) is 4.54. The molecule has 5 heteroatoms. The first-order valence-corrected chi connectivity index (χ1v) is 6.61. The van der Waals surface area contributed by atoms with E-state index < -0.39 is 5.97 Å². The van der Waals surface area contributed by atoms with Gasteiger partial charge >= 0.3 is 12.0 Å². The number of anilines is 1. The maximum Gasteiger partial charge on any atom is 0.335 e. The maximum atomic E-state index is 12.2. The molecule has 5 nitrogen and oxygen atoms in total. The molecule has 1 unspecified atom stereocenters. The number of nitrogens with one attached hydrogen (secondary N) is 1. The van der Waals surface area contributed by atoms with Crippen LogP contribution in [0.25, 0.3) is 0 Å². The third-order valence-electron chi connectivity index (χ3n) is 3.62. The highest BCUT2D eigenvalue weighted by Gasteiger charge is 2.19. The third kappa shape index (κ3) is 3.73. The van der Waals surface area contributed by atoms with Crippen molar-refractivity contribution in [2.75, 3.05) is 12.4 Å². The number of rotatable bonds is 4. The second kappa shape index (κ2) is 6.41. The second-order valence-electron chi connectivity index (χ2n) is 5.36. The first-order valence-electron chi connectivity index (χ1n) is 6.61. The van der Waals surface area contributed by atoms with Crippen molar-refractivity contribution in [3.8, 4) is 0 Å². The standard InChI is InChI=1S/C15H22N2O3/c1-9(2)11(4)17(5)15(20)16-13-8-12(14(18)19)7-6-10(13)3/h6-9,11H,1-5H3,(H,16,20)(H,18,19). The minimum atomic E-state index is -1.01. The first kappa shape index (κ1) is 16.0. The van der Waals surface area contributed by atoms with Crippen LogP contribution in [0.4, 0.5) is 10.5 Å². The average Bonchev–Trinajstić information content (AvgIpc) is 2.38. The number of benzene rings is 1. The predicted molar refractivity (Wildman–Crippen MR) is 79.2 cm³/mol. The van der Waals surface area contributed by atoms with Gasteiger partial charge in [0.2, 0.25) is 0 Å². The molecule has 1 aromatic carbocycles. The maximum absolute atomic E-state index is 12.2. The Kier molecular flexibility index (Phi) is 5.13. The molecule has 0 aliphatic heterocycles. The highest BCUT2D eigenvalue weighted by molar-refractivity contribution is 5.94. The monoisotopic (exact) mass is 278 g/mol. The fraction of sp³-hybridized carbons (Fsp3) is 0.467. The van der Waals surface area contributed by atoms with E-state index in [1.165, 1.54) is 12.1 Å². The Bertz CT molecular complexity index is 512. The van der Waals surface area contributed by atoms with Crippen LogP contribution in [0.15, 0.2) is 18.2 Å². The minimum absolute atomic E-state index is 0.0953. The van der Waals surface area contributed by atoms with E-state index in [1.807, 2.05) is 27.7 Å². The Hall–Kier alpha value is -2.04. The molecule has 0 aromatic heterocycles. The van der Waals surface area contributed by atoms with Crippen LogP contribution in [0.5, 0.6) is 0 Å². The van der Waals surface area contributed by atoms with Crippen LogP contribution >= 0.6 is 0 Å². The van der Waals surface area contributed by atoms with Gasteiger partial charge in [0, 0.05) is 18.8 Å². The molecule has 0 heterocycles. The molecular formula is C15H22N2O3. The number of aryl methyl sites for hydroxylation is 1. The molecule has 0 aliphatic carbocycles. The largest absolute Gasteiger partial charge is 0.478 e. The highest BCUT2D eigenvalue weighted by atomic mass is 16.4. The molecule has 0 radical (unpaired) electrons. The molecule has 20 heavy (non-hydrogen) atoms. The number of hydrogen-bond donors (Lipinski definition) is 2. The summed E-state index contributed by atoms with van der Waals surface area (Å²) in [4.78, 5) is 24.7. The molecule has 0 spiro atoms. The fourth-order valence-electron chi connectivity index (χ4n) is 1.73. The van der Waals surface area contributed by atoms with Gasteiger partial charge in [0.15, 0.2) is 0 Å². The van der Waals surface area contributed by atoms with E-state index in [2.05, 4.69) is 5.32 Å². The summed E-state index contributed by atoms with van der Waals surface area (Å²) in [6.45, 7) is 7.90. The van der Waals surface area contributed by atoms with Crippen LogP contribution in [-0.4, -0.2) is 35.1 Å². The number of carboxylic acid groups (broad SMARTS) is 1. The Balaban J connectivity index is 2.90. The smallest absolute Gasteiger partial charge is 0.335 e. The quantitative estimate of drug-likeness (QED) is 0.888. The summed E-state index contributed by atoms with van der Waals surface area (Å²) in [6.07, 6.45) is 0. The van der Waals surface area contributed by atoms with E-state index in [4.69, 9.17) is 5.11 Å². The number of amides is 2. The van der Waals surface area contributed by atoms with Gasteiger partial charge in [-0.3, -0.25) is 0 Å². The summed E-state index contributed by atoms with van der Waals surface area (Å²) in [5.74, 6) is -0.665. The molecule has 0 bridgehead atoms. The zero-order chi connectivity index (χ0) is 15.4. The normalized spacial score (nSPS) is 12.1. The SMILES string of the molecule is Cc1ccc(C(=O)O)cc1NC(=O)N(C)C(C)C(C)C. The lowest BCUT2D eigenvalue weighted by Crippen LogP contribution is -2.41. The van der Waals surface area contributed by atoms with Crippen molar-refractivity contribution >= 4 is 17.7 Å². The van der Waals surface area contributed by atoms with E-state index in [1.54, 1.807) is 18.0 Å². The fourth-order valence-corrected chi connectivity index (χ4v) is 1.73. The van der Waals surface area contributed by atoms with Crippen LogP contribution in [0.2, 0.25) is 0 Å². The molecular weight excluding hydrogens is 256 g/mol. The zero-order valence-electron chi connectivity index (χ0n) is 12.6. The summed E-state index contributed by atoms with van der Waals surface area (Å²) in [5, 5.41) is 11.7. The number of hydrogen-bond acceptors (Lipinski definition) is 2. The topological polar surface area (TPSA) is 69.6 Å². The van der Waals surface area contributed by atoms with Crippen molar-refractivity contribution in [1.29, 1.82) is 0 Å². The molecule has 0 aliphatic rings. The van der Waals surface area contributed by atoms with E-state index >= 15 is 0 Å². The summed E-state index contributed by atoms with van der Waals surface area (Å²) < 4.78 is 0. The van der Waals surface area contributed by atoms with Crippen molar-refractivity contribution in [3.63, 3.8) is 0 Å². The molecule has 2 amide bonds. The zero-order valence-corrected chi connectivity index (χ0v) is 12.6. The van der Waals surface area contributed by atoms with Gasteiger partial charge in [-0.25, -0.2) is 9.59 Å². The van der Waals surface area contributed by atoms with E-state index in [0.29, 0.717) is 11.6 Å². The molecule has 1 aromatic rings. The Morgan fingerprint density at radius 1 is 1.25 bits per heavy atom. The summed E-state index contributed by atoms with van der Waals surface area (Å²) in [5.41, 5.74) is 1.51. The van der Waals surface area contributed by atoms with Gasteiger partial charge in [0.25, 0.3) is 0 Å². The Labute approximate surface area is 119 Å². The van der Waals surface area contributed by atoms with E-state index in [0.717, 1.165) is 5.56 Å². The molecule has 1 rings (SSSR count). The van der Waals surface area contributed by atoms with Gasteiger partial charge in [-0.15, -0.1) is 0 Å². The average molecular weight is 278 g/mol. The predicted octanol–water partition coefficient (Wildman–Crippen LogP) is 3.20. The van der Waals surface area contributed by atoms with E-state index in [9.17, 15) is 9.59 Å². The Morgan fingerprint density at radius 3 is 2.35 bits per heavy atom. The molecule has 0 saturated heterocycles. The van der Waals surface area contributed by atoms with Gasteiger partial charge in [-0.05, 0) is 37.5 Å². The lowest BCUT2D eigenvalue weighted by atomic mass is 10.1. The third-order valence-corrected chi connectivity index (χ3v) is 3.62. The number of aromatic carboxylic acids is 1. The van der Waals surface area contributed by atoms with Gasteiger partial charge in [-0.1, -0.05) is 19.9 Å². The number of carbonyl (C=O) groups excluding carboxylic acids is 1. The molecule has 0 saturated carbocycles. The van der Waals surface area contributed by atoms with Crippen LogP contribution < -0.4 is 5.32 Å². The van der Waals surface area contributed by atoms with Crippen LogP contribution in [0.3, 0.4) is 0 Å². The van der Waals surface area contributed by atoms with Crippen molar-refractivity contribution in [2.24, 2.45) is 5.92 Å². The first-order chi connectivity index (χ1) is 9.23. The van der Waals surface area contributed by atoms with Crippen LogP contribution in [0.1, 0.15) is 36.7 Å². The van der Waals surface area contributed by atoms with Gasteiger partial charge < -0.3 is 15.3 Å². The number of nitrogens with zero attached hydrogens (tertiary/aromatic N) is 1. The summed E-state index contributed by atoms with van der Waals surface area (Å²) >= 11 is 0. The van der Waals surface area contributed by atoms with Crippen molar-refractivity contribution in [3.05, 3.63) is 29.3 Å². The molecule has 2 N–H and O–H groups in total. The van der Waals surface area contributed by atoms with Crippen molar-refractivity contribution < 1.29 is 14.7 Å². The Morgan fingerprint density at radius 2 is 1.85 bits per heavy atom. The summed E-state index contributed by atoms with van der Waals surface area (Å²) in [7, 11) is 1.73. The molecule has 0 fully saturated rings. The molecule has 110 valence electrons. The van der Waals surface area contributed by atoms with Crippen LogP contribution in [-0.2, 0) is 0 Å². The number of carboxylic acids is 1. The minimum Gasteiger partial charge on any atom is -0.478 e. The van der Waals surface area contributed by atoms with Crippen molar-refractivity contribution in [1.82, 2.24) is 4.90 Å². The number of urea groups is 1. The molecule has 1 atom stereocenters. The van der Waals surface area contributed by atoms with E-state index in [-0.39, 0.29) is 17.6 Å². The van der Waals surface area contributed by atoms with Gasteiger partial charge in [0.1, 0.15) is 0 Å². The van der Waals surface area contributed by atoms with Crippen molar-refractivity contribution in [2.45, 2.75) is 33.7 Å². The number of carbonyl (C=O) groups is 2. The second-order valence-corrected chi connectivity index (χ2v) is 5.36.